The average molecular weight is 467 g/mol. The van der Waals surface area contributed by atoms with Crippen LogP contribution in [0.15, 0.2) is 42.1 Å². The Labute approximate surface area is 202 Å². The summed E-state index contributed by atoms with van der Waals surface area (Å²) in [6.45, 7) is 11.7. The minimum atomic E-state index is -0.0864. The number of hydrogen-bond donors (Lipinski definition) is 1. The highest BCUT2D eigenvalue weighted by Crippen LogP contribution is 2.33. The second-order valence-electron chi connectivity index (χ2n) is 9.41. The number of carbonyl (C=O) groups is 1. The zero-order chi connectivity index (χ0) is 24.2. The Hall–Kier alpha value is -2.86. The molecule has 0 atom stereocenters. The van der Waals surface area contributed by atoms with Crippen molar-refractivity contribution in [2.75, 3.05) is 13.7 Å². The van der Waals surface area contributed by atoms with Crippen LogP contribution in [0, 0.1) is 6.92 Å². The van der Waals surface area contributed by atoms with Crippen LogP contribution < -0.4 is 14.8 Å². The fraction of sp³-hybridized carbons (Fsp3) is 0.407. The van der Waals surface area contributed by atoms with Crippen LogP contribution in [-0.4, -0.2) is 29.6 Å². The molecule has 1 N–H and O–H groups in total. The van der Waals surface area contributed by atoms with Crippen LogP contribution in [0.3, 0.4) is 0 Å². The maximum absolute atomic E-state index is 12.8. The van der Waals surface area contributed by atoms with Crippen molar-refractivity contribution in [1.29, 1.82) is 0 Å². The lowest BCUT2D eigenvalue weighted by Crippen LogP contribution is -2.31. The highest BCUT2D eigenvalue weighted by Gasteiger charge is 2.30. The highest BCUT2D eigenvalue weighted by atomic mass is 32.1. The Bertz CT molecular complexity index is 1070. The molecule has 0 spiro atoms. The Balaban J connectivity index is 1.85. The van der Waals surface area contributed by atoms with Crippen molar-refractivity contribution >= 4 is 29.3 Å². The van der Waals surface area contributed by atoms with E-state index < -0.39 is 0 Å². The van der Waals surface area contributed by atoms with Crippen LogP contribution >= 0.6 is 12.2 Å². The molecule has 0 radical (unpaired) electrons. The Morgan fingerprint density at radius 2 is 1.88 bits per heavy atom. The number of hydrogen-bond acceptors (Lipinski definition) is 4. The molecule has 6 heteroatoms. The summed E-state index contributed by atoms with van der Waals surface area (Å²) in [6.07, 6.45) is 3.75. The van der Waals surface area contributed by atoms with Gasteiger partial charge in [0.1, 0.15) is 23.8 Å². The molecule has 0 aliphatic carbocycles. The molecule has 176 valence electrons. The van der Waals surface area contributed by atoms with Crippen LogP contribution in [-0.2, 0) is 16.8 Å². The first-order valence-electron chi connectivity index (χ1n) is 11.4. The van der Waals surface area contributed by atoms with Crippen molar-refractivity contribution in [1.82, 2.24) is 10.2 Å². The van der Waals surface area contributed by atoms with Crippen molar-refractivity contribution in [3.63, 3.8) is 0 Å². The predicted octanol–water partition coefficient (Wildman–Crippen LogP) is 5.74. The van der Waals surface area contributed by atoms with Gasteiger partial charge in [0.25, 0.3) is 5.91 Å². The normalized spacial score (nSPS) is 15.2. The third-order valence-electron chi connectivity index (χ3n) is 5.64. The number of rotatable bonds is 8. The van der Waals surface area contributed by atoms with Crippen LogP contribution in [0.25, 0.3) is 6.08 Å². The number of aryl methyl sites for hydroxylation is 1. The lowest BCUT2D eigenvalue weighted by Gasteiger charge is -2.23. The second kappa shape index (κ2) is 10.4. The topological polar surface area (TPSA) is 50.8 Å². The van der Waals surface area contributed by atoms with Crippen LogP contribution in [0.5, 0.6) is 11.5 Å². The van der Waals surface area contributed by atoms with Gasteiger partial charge in [-0.05, 0) is 71.9 Å². The van der Waals surface area contributed by atoms with Crippen molar-refractivity contribution in [2.24, 2.45) is 0 Å². The molecule has 2 aromatic carbocycles. The summed E-state index contributed by atoms with van der Waals surface area (Å²) in [5.74, 6) is 1.53. The number of nitrogens with one attached hydrogen (secondary N) is 1. The van der Waals surface area contributed by atoms with E-state index in [2.05, 4.69) is 58.1 Å². The van der Waals surface area contributed by atoms with Gasteiger partial charge < -0.3 is 14.8 Å². The molecule has 1 saturated heterocycles. The molecule has 5 nitrogen and oxygen atoms in total. The number of thiocarbonyl (C=S) groups is 1. The van der Waals surface area contributed by atoms with Gasteiger partial charge in [0, 0.05) is 12.1 Å². The molecule has 3 rings (SSSR count). The molecule has 33 heavy (non-hydrogen) atoms. The van der Waals surface area contributed by atoms with Crippen molar-refractivity contribution in [2.45, 2.75) is 59.5 Å². The molecule has 1 aliphatic heterocycles. The molecule has 2 aromatic rings. The Morgan fingerprint density at radius 1 is 1.12 bits per heavy atom. The summed E-state index contributed by atoms with van der Waals surface area (Å²) in [7, 11) is 1.65. The van der Waals surface area contributed by atoms with Crippen LogP contribution in [0.4, 0.5) is 0 Å². The van der Waals surface area contributed by atoms with E-state index in [9.17, 15) is 4.79 Å². The van der Waals surface area contributed by atoms with Crippen molar-refractivity contribution < 1.29 is 14.3 Å². The summed E-state index contributed by atoms with van der Waals surface area (Å²) < 4.78 is 11.9. The lowest BCUT2D eigenvalue weighted by atomic mass is 9.86. The summed E-state index contributed by atoms with van der Waals surface area (Å²) in [5, 5.41) is 3.52. The fourth-order valence-corrected chi connectivity index (χ4v) is 4.07. The molecule has 1 fully saturated rings. The van der Waals surface area contributed by atoms with E-state index in [0.29, 0.717) is 24.0 Å². The highest BCUT2D eigenvalue weighted by molar-refractivity contribution is 7.80. The zero-order valence-electron chi connectivity index (χ0n) is 20.5. The minimum Gasteiger partial charge on any atom is -0.496 e. The summed E-state index contributed by atoms with van der Waals surface area (Å²) >= 11 is 5.35. The van der Waals surface area contributed by atoms with Gasteiger partial charge >= 0.3 is 0 Å². The third-order valence-corrected chi connectivity index (χ3v) is 5.96. The van der Waals surface area contributed by atoms with Gasteiger partial charge in [0.15, 0.2) is 5.11 Å². The van der Waals surface area contributed by atoms with Crippen LogP contribution in [0.2, 0.25) is 0 Å². The number of nitrogens with zero attached hydrogens (tertiary/aromatic N) is 1. The van der Waals surface area contributed by atoms with E-state index in [0.717, 1.165) is 46.6 Å². The number of methoxy groups -OCH3 is 1. The number of benzene rings is 2. The predicted molar refractivity (Wildman–Crippen MR) is 138 cm³/mol. The largest absolute Gasteiger partial charge is 0.496 e. The molecule has 1 amide bonds. The Kier molecular flexibility index (Phi) is 7.80. The molecular weight excluding hydrogens is 432 g/mol. The molecule has 0 bridgehead atoms. The van der Waals surface area contributed by atoms with Gasteiger partial charge in [-0.1, -0.05) is 52.3 Å². The molecule has 1 heterocycles. The van der Waals surface area contributed by atoms with Gasteiger partial charge in [-0.3, -0.25) is 9.69 Å². The fourth-order valence-electron chi connectivity index (χ4n) is 3.78. The lowest BCUT2D eigenvalue weighted by molar-refractivity contribution is -0.122. The maximum Gasteiger partial charge on any atom is 0.276 e. The number of ether oxygens (including phenoxy) is 2. The van der Waals surface area contributed by atoms with Crippen LogP contribution in [0.1, 0.15) is 62.8 Å². The average Bonchev–Trinajstić information content (AvgIpc) is 3.02. The first kappa shape index (κ1) is 24.8. The van der Waals surface area contributed by atoms with Gasteiger partial charge in [0.05, 0.1) is 7.11 Å². The van der Waals surface area contributed by atoms with Gasteiger partial charge in [-0.15, -0.1) is 0 Å². The first-order valence-corrected chi connectivity index (χ1v) is 11.8. The van der Waals surface area contributed by atoms with Gasteiger partial charge in [-0.2, -0.15) is 0 Å². The molecule has 0 aromatic heterocycles. The monoisotopic (exact) mass is 466 g/mol. The van der Waals surface area contributed by atoms with E-state index in [1.165, 1.54) is 0 Å². The standard InChI is InChI=1S/C27H34N2O3S/c1-7-8-13-29-25(30)22(28-26(29)33)16-19-10-12-23(31-6)20(15-19)17-32-24-14-18(2)9-11-21(24)27(3,4)5/h9-12,14-16H,7-8,13,17H2,1-6H3,(H,28,33)/b22-16+. The SMILES string of the molecule is CCCCN1C(=O)/C(=C\c2ccc(OC)c(COc3cc(C)ccc3C(C)(C)C)c2)NC1=S. The first-order chi connectivity index (χ1) is 15.6. The van der Waals surface area contributed by atoms with E-state index in [1.807, 2.05) is 24.3 Å². The molecule has 0 saturated carbocycles. The molecule has 1 aliphatic rings. The Morgan fingerprint density at radius 3 is 2.55 bits per heavy atom. The smallest absolute Gasteiger partial charge is 0.276 e. The minimum absolute atomic E-state index is 0.0318. The van der Waals surface area contributed by atoms with E-state index in [1.54, 1.807) is 12.0 Å². The molecular formula is C27H34N2O3S. The maximum atomic E-state index is 12.8. The second-order valence-corrected chi connectivity index (χ2v) is 9.79. The van der Waals surface area contributed by atoms with E-state index >= 15 is 0 Å². The summed E-state index contributed by atoms with van der Waals surface area (Å²) in [4.78, 5) is 14.4. The van der Waals surface area contributed by atoms with E-state index in [-0.39, 0.29) is 11.3 Å². The van der Waals surface area contributed by atoms with Crippen molar-refractivity contribution in [3.05, 3.63) is 64.3 Å². The summed E-state index contributed by atoms with van der Waals surface area (Å²) in [5.41, 5.74) is 4.55. The number of amides is 1. The quantitative estimate of drug-likeness (QED) is 0.397. The van der Waals surface area contributed by atoms with Crippen molar-refractivity contribution in [3.8, 4) is 11.5 Å². The summed E-state index contributed by atoms with van der Waals surface area (Å²) in [6, 6.07) is 12.1. The van der Waals surface area contributed by atoms with Gasteiger partial charge in [-0.25, -0.2) is 0 Å². The number of unbranched alkanes of at least 4 members (excludes halogenated alkanes) is 1. The third kappa shape index (κ3) is 5.93. The molecule has 0 unspecified atom stereocenters. The zero-order valence-corrected chi connectivity index (χ0v) is 21.3. The number of carbonyl (C=O) groups excluding carboxylic acids is 1. The van der Waals surface area contributed by atoms with E-state index in [4.69, 9.17) is 21.7 Å². The van der Waals surface area contributed by atoms with Gasteiger partial charge in [0.2, 0.25) is 0 Å².